The van der Waals surface area contributed by atoms with Crippen LogP contribution in [0.3, 0.4) is 0 Å². The Morgan fingerprint density at radius 1 is 0.500 bits per heavy atom. The van der Waals surface area contributed by atoms with Gasteiger partial charge in [0.15, 0.2) is 0 Å². The third-order valence-electron chi connectivity index (χ3n) is 10.0. The quantitative estimate of drug-likeness (QED) is 0.207. The summed E-state index contributed by atoms with van der Waals surface area (Å²) in [5, 5.41) is 0. The fraction of sp³-hybridized carbons (Fsp3) is 0.571. The number of methoxy groups -OCH3 is 2. The summed E-state index contributed by atoms with van der Waals surface area (Å²) in [6.45, 7) is 17.0. The van der Waals surface area contributed by atoms with E-state index >= 15 is 0 Å². The van der Waals surface area contributed by atoms with E-state index in [1.807, 2.05) is 60.7 Å². The van der Waals surface area contributed by atoms with E-state index in [2.05, 4.69) is 67.5 Å². The molecule has 2 aromatic carbocycles. The first-order valence-electron chi connectivity index (χ1n) is 17.9. The molecule has 6 heteroatoms. The van der Waals surface area contributed by atoms with Gasteiger partial charge < -0.3 is 18.9 Å². The van der Waals surface area contributed by atoms with Gasteiger partial charge in [0.05, 0.1) is 26.1 Å². The molecule has 1 aliphatic heterocycles. The van der Waals surface area contributed by atoms with Crippen molar-refractivity contribution in [1.82, 2.24) is 0 Å². The molecule has 1 aliphatic rings. The Hall–Kier alpha value is -3.54. The number of ether oxygens (including phenoxy) is 4. The number of rotatable bonds is 8. The predicted molar refractivity (Wildman–Crippen MR) is 194 cm³/mol. The summed E-state index contributed by atoms with van der Waals surface area (Å²) in [5.41, 5.74) is 1.94. The van der Waals surface area contributed by atoms with Gasteiger partial charge in [0, 0.05) is 11.8 Å². The number of hydrogen-bond donors (Lipinski definition) is 0. The van der Waals surface area contributed by atoms with Crippen LogP contribution in [-0.4, -0.2) is 26.2 Å². The third-order valence-corrected chi connectivity index (χ3v) is 10.0. The molecule has 1 heterocycles. The molecule has 3 rings (SSSR count). The minimum absolute atomic E-state index is 0.0559. The molecule has 0 bridgehead atoms. The highest BCUT2D eigenvalue weighted by atomic mass is 16.5. The zero-order valence-electron chi connectivity index (χ0n) is 31.0. The lowest BCUT2D eigenvalue weighted by Gasteiger charge is -2.33. The summed E-state index contributed by atoms with van der Waals surface area (Å²) in [4.78, 5) is 27.8. The van der Waals surface area contributed by atoms with Gasteiger partial charge in [-0.05, 0) is 84.7 Å². The molecule has 0 spiro atoms. The van der Waals surface area contributed by atoms with Gasteiger partial charge in [0.2, 0.25) is 0 Å². The number of benzene rings is 2. The zero-order chi connectivity index (χ0) is 35.4. The second kappa shape index (κ2) is 18.9. The average molecular weight is 661 g/mol. The minimum Gasteiger partial charge on any atom is -0.497 e. The summed E-state index contributed by atoms with van der Waals surface area (Å²) in [6, 6.07) is 15.8. The molecule has 0 radical (unpaired) electrons. The number of carbonyl (C=O) groups excluding carboxylic acids is 2. The topological polar surface area (TPSA) is 71.1 Å². The number of carbonyl (C=O) groups is 2. The molecule has 0 saturated heterocycles. The monoisotopic (exact) mass is 660 g/mol. The lowest BCUT2D eigenvalue weighted by atomic mass is 9.81. The number of hydrogen-bond acceptors (Lipinski definition) is 6. The van der Waals surface area contributed by atoms with Gasteiger partial charge in [-0.15, -0.1) is 0 Å². The molecule has 0 amide bonds. The number of cyclic esters (lactones) is 2. The fourth-order valence-corrected chi connectivity index (χ4v) is 6.58. The second-order valence-electron chi connectivity index (χ2n) is 14.7. The van der Waals surface area contributed by atoms with Crippen LogP contribution in [0.5, 0.6) is 11.5 Å². The fourth-order valence-electron chi connectivity index (χ4n) is 6.58. The molecular weight excluding hydrogens is 600 g/mol. The first-order chi connectivity index (χ1) is 22.9. The van der Waals surface area contributed by atoms with E-state index < -0.39 is 12.2 Å². The summed E-state index contributed by atoms with van der Waals surface area (Å²) >= 11 is 0. The van der Waals surface area contributed by atoms with Crippen molar-refractivity contribution in [3.8, 4) is 11.5 Å². The van der Waals surface area contributed by atoms with E-state index in [4.69, 9.17) is 18.9 Å². The number of esters is 2. The Morgan fingerprint density at radius 3 is 1.08 bits per heavy atom. The van der Waals surface area contributed by atoms with Gasteiger partial charge in [0.25, 0.3) is 0 Å². The van der Waals surface area contributed by atoms with Crippen LogP contribution < -0.4 is 9.47 Å². The molecule has 6 atom stereocenters. The van der Waals surface area contributed by atoms with Crippen LogP contribution in [0.15, 0.2) is 72.8 Å². The highest BCUT2D eigenvalue weighted by molar-refractivity contribution is 5.74. The van der Waals surface area contributed by atoms with Gasteiger partial charge in [-0.2, -0.15) is 0 Å². The summed E-state index contributed by atoms with van der Waals surface area (Å²) in [6.07, 6.45) is 10.3. The van der Waals surface area contributed by atoms with Crippen molar-refractivity contribution in [2.45, 2.75) is 93.3 Å². The van der Waals surface area contributed by atoms with Gasteiger partial charge in [-0.1, -0.05) is 104 Å². The van der Waals surface area contributed by atoms with Crippen molar-refractivity contribution < 1.29 is 28.5 Å². The average Bonchev–Trinajstić information content (AvgIpc) is 3.05. The Labute approximate surface area is 290 Å². The summed E-state index contributed by atoms with van der Waals surface area (Å²) < 4.78 is 23.9. The van der Waals surface area contributed by atoms with Crippen LogP contribution in [-0.2, 0) is 19.1 Å². The van der Waals surface area contributed by atoms with E-state index in [0.29, 0.717) is 12.8 Å². The second-order valence-corrected chi connectivity index (χ2v) is 14.7. The van der Waals surface area contributed by atoms with Crippen LogP contribution in [0, 0.1) is 47.3 Å². The molecule has 0 unspecified atom stereocenters. The molecule has 0 saturated carbocycles. The van der Waals surface area contributed by atoms with Crippen LogP contribution in [0.25, 0.3) is 0 Å². The Balaban J connectivity index is 2.09. The standard InChI is InChI=1S/C42H60O6/c1-27(2)35-15-11-12-16-36(28(3)4)40(32-21-25-34(46-10)26-22-32)48-42(44)38(30(7)8)18-14-13-17-37(29(5)6)41(43)47-39(35)31-19-23-33(45-9)24-20-31/h11-14,19-30,35-40H,15-18H2,1-10H3/t35-,36-,37-,38-,39+,40+/m0/s1. The van der Waals surface area contributed by atoms with E-state index in [-0.39, 0.29) is 59.3 Å². The van der Waals surface area contributed by atoms with Gasteiger partial charge in [-0.3, -0.25) is 9.59 Å². The van der Waals surface area contributed by atoms with Crippen molar-refractivity contribution in [2.75, 3.05) is 14.2 Å². The normalized spacial score (nSPS) is 25.1. The lowest BCUT2D eigenvalue weighted by molar-refractivity contribution is -0.161. The Kier molecular flexibility index (Phi) is 15.3. The highest BCUT2D eigenvalue weighted by Gasteiger charge is 2.34. The minimum atomic E-state index is -0.406. The molecule has 6 nitrogen and oxygen atoms in total. The van der Waals surface area contributed by atoms with Crippen LogP contribution >= 0.6 is 0 Å². The zero-order valence-corrected chi connectivity index (χ0v) is 31.0. The maximum Gasteiger partial charge on any atom is 0.310 e. The van der Waals surface area contributed by atoms with Crippen LogP contribution in [0.4, 0.5) is 0 Å². The van der Waals surface area contributed by atoms with Crippen LogP contribution in [0.1, 0.15) is 104 Å². The molecule has 0 aliphatic carbocycles. The molecule has 48 heavy (non-hydrogen) atoms. The van der Waals surface area contributed by atoms with E-state index in [1.54, 1.807) is 14.2 Å². The third kappa shape index (κ3) is 10.7. The maximum absolute atomic E-state index is 13.9. The summed E-state index contributed by atoms with van der Waals surface area (Å²) in [7, 11) is 3.31. The summed E-state index contributed by atoms with van der Waals surface area (Å²) in [5.74, 6) is 1.34. The predicted octanol–water partition coefficient (Wildman–Crippen LogP) is 10.3. The SMILES string of the molecule is COc1ccc([C@H]2OC(=O)[C@H](C(C)C)CC=CC[C@@H](C(C)C)C(=O)O[C@H](c3ccc(OC)cc3)[C@H](C(C)C)CC=CC[C@H]2C(C)C)cc1. The lowest BCUT2D eigenvalue weighted by Crippen LogP contribution is -2.30. The molecule has 264 valence electrons. The first kappa shape index (κ1) is 38.9. The van der Waals surface area contributed by atoms with E-state index in [0.717, 1.165) is 35.5 Å². The van der Waals surface area contributed by atoms with Crippen molar-refractivity contribution in [3.05, 3.63) is 84.0 Å². The van der Waals surface area contributed by atoms with Crippen molar-refractivity contribution >= 4 is 11.9 Å². The van der Waals surface area contributed by atoms with Gasteiger partial charge in [0.1, 0.15) is 23.7 Å². The maximum atomic E-state index is 13.9. The highest BCUT2D eigenvalue weighted by Crippen LogP contribution is 2.39. The Bertz CT molecular complexity index is 1220. The molecule has 0 fully saturated rings. The Morgan fingerprint density at radius 2 is 0.812 bits per heavy atom. The largest absolute Gasteiger partial charge is 0.497 e. The smallest absolute Gasteiger partial charge is 0.310 e. The molecule has 2 aromatic rings. The molecule has 0 aromatic heterocycles. The van der Waals surface area contributed by atoms with Gasteiger partial charge in [-0.25, -0.2) is 0 Å². The van der Waals surface area contributed by atoms with Crippen molar-refractivity contribution in [3.63, 3.8) is 0 Å². The van der Waals surface area contributed by atoms with E-state index in [1.165, 1.54) is 0 Å². The van der Waals surface area contributed by atoms with Crippen molar-refractivity contribution in [1.29, 1.82) is 0 Å². The van der Waals surface area contributed by atoms with Crippen molar-refractivity contribution in [2.24, 2.45) is 47.3 Å². The van der Waals surface area contributed by atoms with Gasteiger partial charge >= 0.3 is 11.9 Å². The number of allylic oxidation sites excluding steroid dienone is 4. The van der Waals surface area contributed by atoms with Crippen LogP contribution in [0.2, 0.25) is 0 Å². The molecule has 0 N–H and O–H groups in total. The first-order valence-corrected chi connectivity index (χ1v) is 17.9. The molecular formula is C42H60O6. The van der Waals surface area contributed by atoms with E-state index in [9.17, 15) is 9.59 Å².